The molecule has 142 valence electrons. The normalized spacial score (nSPS) is 21.2. The first kappa shape index (κ1) is 18.4. The maximum absolute atomic E-state index is 12.1. The third kappa shape index (κ3) is 2.91. The molecule has 4 rings (SSSR count). The Morgan fingerprint density at radius 1 is 0.857 bits per heavy atom. The van der Waals surface area contributed by atoms with E-state index in [4.69, 9.17) is 4.74 Å². The van der Waals surface area contributed by atoms with Gasteiger partial charge < -0.3 is 9.84 Å². The van der Waals surface area contributed by atoms with Crippen LogP contribution in [0.15, 0.2) is 91.0 Å². The van der Waals surface area contributed by atoms with Gasteiger partial charge in [0, 0.05) is 7.11 Å². The van der Waals surface area contributed by atoms with Gasteiger partial charge in [0.05, 0.1) is 18.2 Å². The summed E-state index contributed by atoms with van der Waals surface area (Å²) >= 11 is 0. The van der Waals surface area contributed by atoms with Crippen molar-refractivity contribution in [1.82, 2.24) is 4.90 Å². The Morgan fingerprint density at radius 3 is 1.57 bits per heavy atom. The number of nitrogens with zero attached hydrogens (tertiary/aromatic N) is 1. The molecular formula is C24H23NO3. The molecule has 0 spiro atoms. The summed E-state index contributed by atoms with van der Waals surface area (Å²) in [4.78, 5) is 14.2. The first-order chi connectivity index (χ1) is 13.7. The van der Waals surface area contributed by atoms with E-state index in [1.807, 2.05) is 54.6 Å². The highest BCUT2D eigenvalue weighted by atomic mass is 16.5. The van der Waals surface area contributed by atoms with Gasteiger partial charge in [-0.2, -0.15) is 0 Å². The molecule has 1 heterocycles. The fraction of sp³-hybridized carbons (Fsp3) is 0.208. The molecule has 0 aromatic heterocycles. The summed E-state index contributed by atoms with van der Waals surface area (Å²) in [5.41, 5.74) is 2.41. The maximum atomic E-state index is 12.1. The Bertz CT molecular complexity index is 831. The second-order valence-corrected chi connectivity index (χ2v) is 7.02. The summed E-state index contributed by atoms with van der Waals surface area (Å²) in [7, 11) is 1.62. The van der Waals surface area contributed by atoms with Crippen LogP contribution in [0, 0.1) is 0 Å². The quantitative estimate of drug-likeness (QED) is 0.506. The molecule has 3 aromatic carbocycles. The summed E-state index contributed by atoms with van der Waals surface area (Å²) in [6.07, 6.45) is 0. The fourth-order valence-electron chi connectivity index (χ4n) is 4.35. The predicted molar refractivity (Wildman–Crippen MR) is 108 cm³/mol. The lowest BCUT2D eigenvalue weighted by molar-refractivity contribution is -0.137. The van der Waals surface area contributed by atoms with Crippen LogP contribution in [0.5, 0.6) is 0 Å². The largest absolute Gasteiger partial charge is 0.480 e. The van der Waals surface area contributed by atoms with Gasteiger partial charge in [0.1, 0.15) is 6.04 Å². The number of hydrogen-bond donors (Lipinski definition) is 1. The molecule has 1 aliphatic rings. The van der Waals surface area contributed by atoms with Crippen molar-refractivity contribution >= 4 is 5.97 Å². The summed E-state index contributed by atoms with van der Waals surface area (Å²) in [6.45, 7) is 0.366. The van der Waals surface area contributed by atoms with E-state index in [1.54, 1.807) is 7.11 Å². The van der Waals surface area contributed by atoms with E-state index in [0.29, 0.717) is 6.61 Å². The van der Waals surface area contributed by atoms with Gasteiger partial charge in [0.25, 0.3) is 0 Å². The van der Waals surface area contributed by atoms with Gasteiger partial charge in [0.2, 0.25) is 0 Å². The van der Waals surface area contributed by atoms with Crippen molar-refractivity contribution in [2.24, 2.45) is 0 Å². The lowest BCUT2D eigenvalue weighted by atomic mass is 9.76. The topological polar surface area (TPSA) is 49.5 Å². The van der Waals surface area contributed by atoms with Gasteiger partial charge >= 0.3 is 5.97 Å². The maximum Gasteiger partial charge on any atom is 0.322 e. The van der Waals surface area contributed by atoms with Gasteiger partial charge in [-0.3, -0.25) is 9.69 Å². The molecule has 0 bridgehead atoms. The Labute approximate surface area is 165 Å². The lowest BCUT2D eigenvalue weighted by Crippen LogP contribution is -2.40. The summed E-state index contributed by atoms with van der Waals surface area (Å²) in [5, 5.41) is 9.93. The third-order valence-corrected chi connectivity index (χ3v) is 5.48. The predicted octanol–water partition coefficient (Wildman–Crippen LogP) is 3.76. The number of hydrogen-bond acceptors (Lipinski definition) is 3. The Morgan fingerprint density at radius 2 is 1.25 bits per heavy atom. The number of carbonyl (C=O) groups is 1. The molecule has 1 fully saturated rings. The summed E-state index contributed by atoms with van der Waals surface area (Å²) < 4.78 is 5.37. The van der Waals surface area contributed by atoms with Crippen molar-refractivity contribution in [2.45, 2.75) is 17.6 Å². The minimum Gasteiger partial charge on any atom is -0.480 e. The molecule has 0 saturated carbocycles. The van der Waals surface area contributed by atoms with Crippen molar-refractivity contribution in [3.63, 3.8) is 0 Å². The lowest BCUT2D eigenvalue weighted by Gasteiger charge is -2.38. The van der Waals surface area contributed by atoms with E-state index in [9.17, 15) is 9.90 Å². The molecule has 4 nitrogen and oxygen atoms in total. The molecule has 3 atom stereocenters. The second kappa shape index (κ2) is 7.58. The van der Waals surface area contributed by atoms with Gasteiger partial charge in [0.15, 0.2) is 0 Å². The van der Waals surface area contributed by atoms with Gasteiger partial charge in [-0.1, -0.05) is 91.0 Å². The molecule has 1 aliphatic heterocycles. The number of rotatable bonds is 7. The minimum atomic E-state index is -0.825. The van der Waals surface area contributed by atoms with E-state index in [-0.39, 0.29) is 6.04 Å². The molecule has 1 saturated heterocycles. The number of carboxylic acids is 1. The molecule has 0 aliphatic carbocycles. The molecule has 28 heavy (non-hydrogen) atoms. The molecule has 1 N–H and O–H groups in total. The van der Waals surface area contributed by atoms with E-state index in [1.165, 1.54) is 0 Å². The zero-order valence-electron chi connectivity index (χ0n) is 15.7. The Balaban J connectivity index is 2.01. The van der Waals surface area contributed by atoms with Gasteiger partial charge in [-0.05, 0) is 16.7 Å². The SMILES string of the molecule is COC[C@H]1[C@H](C(=O)O)N1C(c1ccccc1)(c1ccccc1)c1ccccc1. The smallest absolute Gasteiger partial charge is 0.322 e. The number of benzene rings is 3. The van der Waals surface area contributed by atoms with Crippen molar-refractivity contribution in [1.29, 1.82) is 0 Å². The second-order valence-electron chi connectivity index (χ2n) is 7.02. The van der Waals surface area contributed by atoms with Crippen LogP contribution in [-0.4, -0.2) is 41.8 Å². The van der Waals surface area contributed by atoms with Crippen LogP contribution in [0.4, 0.5) is 0 Å². The van der Waals surface area contributed by atoms with Crippen LogP contribution >= 0.6 is 0 Å². The summed E-state index contributed by atoms with van der Waals surface area (Å²) in [6, 6.07) is 29.6. The third-order valence-electron chi connectivity index (χ3n) is 5.48. The average Bonchev–Trinajstić information content (AvgIpc) is 3.46. The van der Waals surface area contributed by atoms with Crippen molar-refractivity contribution in [3.8, 4) is 0 Å². The molecule has 3 aromatic rings. The van der Waals surface area contributed by atoms with Crippen LogP contribution in [0.1, 0.15) is 16.7 Å². The molecule has 4 heteroatoms. The molecule has 0 radical (unpaired) electrons. The first-order valence-electron chi connectivity index (χ1n) is 9.38. The Hall–Kier alpha value is -2.95. The highest BCUT2D eigenvalue weighted by Gasteiger charge is 2.63. The highest BCUT2D eigenvalue weighted by Crippen LogP contribution is 2.51. The average molecular weight is 373 g/mol. The molecule has 0 amide bonds. The Kier molecular flexibility index (Phi) is 4.99. The van der Waals surface area contributed by atoms with Crippen LogP contribution in [0.2, 0.25) is 0 Å². The zero-order valence-corrected chi connectivity index (χ0v) is 15.7. The van der Waals surface area contributed by atoms with E-state index >= 15 is 0 Å². The zero-order chi connectivity index (χ0) is 19.6. The standard InChI is InChI=1S/C24H23NO3/c1-28-17-21-22(23(26)27)25(21)24(18-11-5-2-6-12-18,19-13-7-3-8-14-19)20-15-9-4-10-16-20/h2-16,21-22H,17H2,1H3,(H,26,27)/t21-,22+,25?/m0/s1. The number of methoxy groups -OCH3 is 1. The van der Waals surface area contributed by atoms with Crippen molar-refractivity contribution in [2.75, 3.05) is 13.7 Å². The van der Waals surface area contributed by atoms with Crippen LogP contribution in [0.25, 0.3) is 0 Å². The van der Waals surface area contributed by atoms with Crippen LogP contribution in [-0.2, 0) is 15.1 Å². The summed E-state index contributed by atoms with van der Waals surface area (Å²) in [5.74, 6) is -0.825. The first-order valence-corrected chi connectivity index (χ1v) is 9.38. The minimum absolute atomic E-state index is 0.205. The fourth-order valence-corrected chi connectivity index (χ4v) is 4.35. The molecular weight excluding hydrogens is 350 g/mol. The van der Waals surface area contributed by atoms with Crippen molar-refractivity contribution in [3.05, 3.63) is 108 Å². The van der Waals surface area contributed by atoms with Gasteiger partial charge in [-0.25, -0.2) is 0 Å². The number of aliphatic carboxylic acids is 1. The van der Waals surface area contributed by atoms with Gasteiger partial charge in [-0.15, -0.1) is 0 Å². The van der Waals surface area contributed by atoms with E-state index in [2.05, 4.69) is 41.3 Å². The van der Waals surface area contributed by atoms with Crippen LogP contribution in [0.3, 0.4) is 0 Å². The monoisotopic (exact) mass is 373 g/mol. The van der Waals surface area contributed by atoms with Crippen LogP contribution < -0.4 is 0 Å². The van der Waals surface area contributed by atoms with Crippen molar-refractivity contribution < 1.29 is 14.6 Å². The van der Waals surface area contributed by atoms with E-state index < -0.39 is 17.6 Å². The van der Waals surface area contributed by atoms with E-state index in [0.717, 1.165) is 16.7 Å². The molecule has 1 unspecified atom stereocenters. The number of ether oxygens (including phenoxy) is 1. The number of carboxylic acid groups (broad SMARTS) is 1. The highest BCUT2D eigenvalue weighted by molar-refractivity contribution is 5.79.